The lowest BCUT2D eigenvalue weighted by Crippen LogP contribution is -2.46. The number of carbonyl (C=O) groups excluding carboxylic acids is 1. The van der Waals surface area contributed by atoms with Crippen molar-refractivity contribution in [3.63, 3.8) is 0 Å². The molecule has 7 heteroatoms. The number of urea groups is 1. The Morgan fingerprint density at radius 3 is 2.74 bits per heavy atom. The molecule has 3 rings (SSSR count). The molecular formula is C20H22Cl2N2O3. The third-order valence-corrected chi connectivity index (χ3v) is 5.43. The van der Waals surface area contributed by atoms with E-state index in [-0.39, 0.29) is 12.1 Å². The topological polar surface area (TPSA) is 61.8 Å². The van der Waals surface area contributed by atoms with Gasteiger partial charge in [0.1, 0.15) is 16.5 Å². The Morgan fingerprint density at radius 2 is 2.04 bits per heavy atom. The maximum Gasteiger partial charge on any atom is 0.318 e. The molecule has 2 aromatic rings. The molecule has 27 heavy (non-hydrogen) atoms. The fourth-order valence-corrected chi connectivity index (χ4v) is 3.52. The molecule has 0 aliphatic carbocycles. The lowest BCUT2D eigenvalue weighted by molar-refractivity contribution is 0.0985. The number of ether oxygens (including phenoxy) is 1. The van der Waals surface area contributed by atoms with Gasteiger partial charge in [0.15, 0.2) is 0 Å². The van der Waals surface area contributed by atoms with E-state index in [9.17, 15) is 9.90 Å². The molecule has 2 N–H and O–H groups in total. The van der Waals surface area contributed by atoms with Crippen molar-refractivity contribution in [2.45, 2.75) is 38.5 Å². The lowest BCUT2D eigenvalue weighted by Gasteiger charge is -2.27. The largest absolute Gasteiger partial charge is 0.456 e. The van der Waals surface area contributed by atoms with Crippen molar-refractivity contribution in [3.8, 4) is 11.5 Å². The quantitative estimate of drug-likeness (QED) is 0.743. The van der Waals surface area contributed by atoms with Gasteiger partial charge in [-0.05, 0) is 49.6 Å². The molecule has 0 spiro atoms. The van der Waals surface area contributed by atoms with Crippen molar-refractivity contribution < 1.29 is 14.6 Å². The molecule has 1 fully saturated rings. The molecule has 1 aliphatic rings. The Hall–Kier alpha value is -1.95. The van der Waals surface area contributed by atoms with Crippen LogP contribution in [0.4, 0.5) is 4.79 Å². The number of halogens is 2. The van der Waals surface area contributed by atoms with Gasteiger partial charge in [0, 0.05) is 13.1 Å². The van der Waals surface area contributed by atoms with Gasteiger partial charge in [-0.15, -0.1) is 0 Å². The summed E-state index contributed by atoms with van der Waals surface area (Å²) in [7, 11) is 0. The van der Waals surface area contributed by atoms with E-state index < -0.39 is 6.10 Å². The van der Waals surface area contributed by atoms with Crippen LogP contribution in [0.15, 0.2) is 42.5 Å². The van der Waals surface area contributed by atoms with Crippen molar-refractivity contribution >= 4 is 29.2 Å². The molecule has 2 amide bonds. The molecule has 2 aromatic carbocycles. The molecule has 2 atom stereocenters. The van der Waals surface area contributed by atoms with E-state index in [4.69, 9.17) is 27.9 Å². The van der Waals surface area contributed by atoms with Gasteiger partial charge >= 0.3 is 6.03 Å². The van der Waals surface area contributed by atoms with Crippen LogP contribution in [0.1, 0.15) is 25.3 Å². The fraction of sp³-hybridized carbons (Fsp3) is 0.350. The summed E-state index contributed by atoms with van der Waals surface area (Å²) in [5.74, 6) is 1.12. The standard InChI is InChI=1S/C20H22Cl2N2O3/c1-13(25)17-5-3-11-24(17)20(26)23-12-14-7-9-15(10-8-14)27-18-6-2-4-16(21)19(18)22/h2,4,6-10,13,17,25H,3,5,11-12H2,1H3,(H,23,26)/t13?,17-/m1/s1. The zero-order chi connectivity index (χ0) is 19.4. The van der Waals surface area contributed by atoms with E-state index in [2.05, 4.69) is 5.32 Å². The molecule has 1 saturated heterocycles. The summed E-state index contributed by atoms with van der Waals surface area (Å²) in [6, 6.07) is 12.3. The summed E-state index contributed by atoms with van der Waals surface area (Å²) in [6.45, 7) is 2.80. The average molecular weight is 409 g/mol. The number of likely N-dealkylation sites (tertiary alicyclic amines) is 1. The monoisotopic (exact) mass is 408 g/mol. The molecule has 5 nitrogen and oxygen atoms in total. The first kappa shape index (κ1) is 19.8. The normalized spacial score (nSPS) is 17.6. The number of nitrogens with one attached hydrogen (secondary N) is 1. The second kappa shape index (κ2) is 8.83. The number of rotatable bonds is 5. The molecule has 0 aromatic heterocycles. The Morgan fingerprint density at radius 1 is 1.30 bits per heavy atom. The molecule has 144 valence electrons. The number of carbonyl (C=O) groups is 1. The zero-order valence-electron chi connectivity index (χ0n) is 15.0. The van der Waals surface area contributed by atoms with Crippen LogP contribution in [0.2, 0.25) is 10.0 Å². The van der Waals surface area contributed by atoms with Crippen molar-refractivity contribution in [1.29, 1.82) is 0 Å². The molecule has 1 heterocycles. The van der Waals surface area contributed by atoms with Crippen LogP contribution in [0.3, 0.4) is 0 Å². The summed E-state index contributed by atoms with van der Waals surface area (Å²) in [4.78, 5) is 14.1. The van der Waals surface area contributed by atoms with E-state index in [1.807, 2.05) is 24.3 Å². The number of nitrogens with zero attached hydrogens (tertiary/aromatic N) is 1. The van der Waals surface area contributed by atoms with Gasteiger partial charge in [-0.1, -0.05) is 41.4 Å². The van der Waals surface area contributed by atoms with Crippen LogP contribution >= 0.6 is 23.2 Å². The first-order valence-corrected chi connectivity index (χ1v) is 9.64. The highest BCUT2D eigenvalue weighted by atomic mass is 35.5. The molecule has 0 radical (unpaired) electrons. The maximum atomic E-state index is 12.4. The average Bonchev–Trinajstić information content (AvgIpc) is 3.15. The van der Waals surface area contributed by atoms with Gasteiger partial charge in [-0.2, -0.15) is 0 Å². The van der Waals surface area contributed by atoms with Crippen LogP contribution in [0.25, 0.3) is 0 Å². The smallest absolute Gasteiger partial charge is 0.318 e. The molecule has 0 saturated carbocycles. The lowest BCUT2D eigenvalue weighted by atomic mass is 10.1. The van der Waals surface area contributed by atoms with Crippen LogP contribution in [-0.2, 0) is 6.54 Å². The van der Waals surface area contributed by atoms with Gasteiger partial charge < -0.3 is 20.1 Å². The summed E-state index contributed by atoms with van der Waals surface area (Å²) in [5.41, 5.74) is 0.945. The fourth-order valence-electron chi connectivity index (χ4n) is 3.19. The zero-order valence-corrected chi connectivity index (χ0v) is 16.5. The van der Waals surface area contributed by atoms with Gasteiger partial charge in [0.25, 0.3) is 0 Å². The highest BCUT2D eigenvalue weighted by molar-refractivity contribution is 6.42. The summed E-state index contributed by atoms with van der Waals surface area (Å²) >= 11 is 12.1. The Bertz CT molecular complexity index is 796. The molecule has 1 aliphatic heterocycles. The SMILES string of the molecule is CC(O)[C@H]1CCCN1C(=O)NCc1ccc(Oc2cccc(Cl)c2Cl)cc1. The number of benzene rings is 2. The van der Waals surface area contributed by atoms with Gasteiger partial charge in [0.05, 0.1) is 17.2 Å². The van der Waals surface area contributed by atoms with E-state index in [1.54, 1.807) is 30.0 Å². The minimum atomic E-state index is -0.520. The van der Waals surface area contributed by atoms with Crippen molar-refractivity contribution in [2.24, 2.45) is 0 Å². The Balaban J connectivity index is 1.56. The highest BCUT2D eigenvalue weighted by Gasteiger charge is 2.31. The number of amides is 2. The molecule has 0 bridgehead atoms. The van der Waals surface area contributed by atoms with E-state index in [1.165, 1.54) is 0 Å². The second-order valence-corrected chi connectivity index (χ2v) is 7.39. The first-order valence-electron chi connectivity index (χ1n) is 8.89. The van der Waals surface area contributed by atoms with Crippen LogP contribution in [-0.4, -0.2) is 34.7 Å². The van der Waals surface area contributed by atoms with Crippen molar-refractivity contribution in [1.82, 2.24) is 10.2 Å². The van der Waals surface area contributed by atoms with E-state index >= 15 is 0 Å². The predicted molar refractivity (Wildman–Crippen MR) is 107 cm³/mol. The van der Waals surface area contributed by atoms with E-state index in [0.717, 1.165) is 18.4 Å². The van der Waals surface area contributed by atoms with Crippen LogP contribution in [0, 0.1) is 0 Å². The van der Waals surface area contributed by atoms with Crippen LogP contribution in [0.5, 0.6) is 11.5 Å². The van der Waals surface area contributed by atoms with Crippen molar-refractivity contribution in [3.05, 3.63) is 58.1 Å². The number of hydrogen-bond donors (Lipinski definition) is 2. The number of hydrogen-bond acceptors (Lipinski definition) is 3. The summed E-state index contributed by atoms with van der Waals surface area (Å²) < 4.78 is 5.75. The molecule has 1 unspecified atom stereocenters. The summed E-state index contributed by atoms with van der Waals surface area (Å²) in [6.07, 6.45) is 1.23. The van der Waals surface area contributed by atoms with Gasteiger partial charge in [0.2, 0.25) is 0 Å². The van der Waals surface area contributed by atoms with Crippen LogP contribution < -0.4 is 10.1 Å². The first-order chi connectivity index (χ1) is 13.0. The predicted octanol–water partition coefficient (Wildman–Crippen LogP) is 4.84. The minimum Gasteiger partial charge on any atom is -0.456 e. The van der Waals surface area contributed by atoms with Crippen molar-refractivity contribution in [2.75, 3.05) is 6.54 Å². The third kappa shape index (κ3) is 4.86. The van der Waals surface area contributed by atoms with E-state index in [0.29, 0.717) is 34.6 Å². The Labute approximate surface area is 168 Å². The second-order valence-electron chi connectivity index (χ2n) is 6.60. The maximum absolute atomic E-state index is 12.4. The third-order valence-electron chi connectivity index (χ3n) is 4.63. The number of aliphatic hydroxyl groups is 1. The molecular weight excluding hydrogens is 387 g/mol. The van der Waals surface area contributed by atoms with Gasteiger partial charge in [-0.25, -0.2) is 4.79 Å². The number of aliphatic hydroxyl groups excluding tert-OH is 1. The highest BCUT2D eigenvalue weighted by Crippen LogP contribution is 2.34. The van der Waals surface area contributed by atoms with Gasteiger partial charge in [-0.3, -0.25) is 0 Å². The minimum absolute atomic E-state index is 0.108. The Kier molecular flexibility index (Phi) is 6.47. The summed E-state index contributed by atoms with van der Waals surface area (Å²) in [5, 5.41) is 13.5.